The quantitative estimate of drug-likeness (QED) is 0.832. The van der Waals surface area contributed by atoms with Gasteiger partial charge in [0, 0.05) is 7.11 Å². The van der Waals surface area contributed by atoms with Crippen LogP contribution in [0.3, 0.4) is 0 Å². The first kappa shape index (κ1) is 17.1. The molecule has 23 heavy (non-hydrogen) atoms. The molecule has 0 fully saturated rings. The number of carbonyl (C=O) groups excluding carboxylic acids is 1. The van der Waals surface area contributed by atoms with E-state index in [-0.39, 0.29) is 25.1 Å². The summed E-state index contributed by atoms with van der Waals surface area (Å²) in [5.41, 5.74) is 2.06. The Bertz CT molecular complexity index is 654. The molecule has 1 amide bonds. The van der Waals surface area contributed by atoms with E-state index in [4.69, 9.17) is 9.26 Å². The monoisotopic (exact) mass is 318 g/mol. The number of hydrogen-bond acceptors (Lipinski definition) is 6. The predicted octanol–water partition coefficient (Wildman–Crippen LogP) is 1.44. The number of aryl methyl sites for hydroxylation is 1. The van der Waals surface area contributed by atoms with Gasteiger partial charge in [-0.15, -0.1) is 0 Å². The Morgan fingerprint density at radius 1 is 1.43 bits per heavy atom. The van der Waals surface area contributed by atoms with Crippen LogP contribution in [0.4, 0.5) is 0 Å². The first-order valence-corrected chi connectivity index (χ1v) is 7.32. The minimum Gasteiger partial charge on any atom is -0.375 e. The fourth-order valence-corrected chi connectivity index (χ4v) is 2.33. The van der Waals surface area contributed by atoms with Crippen molar-refractivity contribution >= 4 is 5.91 Å². The molecule has 7 heteroatoms. The Labute approximate surface area is 135 Å². The van der Waals surface area contributed by atoms with E-state index in [1.54, 1.807) is 7.11 Å². The lowest BCUT2D eigenvalue weighted by Gasteiger charge is -2.23. The summed E-state index contributed by atoms with van der Waals surface area (Å²) in [4.78, 5) is 18.5. The van der Waals surface area contributed by atoms with E-state index in [1.807, 2.05) is 50.2 Å². The summed E-state index contributed by atoms with van der Waals surface area (Å²) in [5, 5.41) is 6.65. The average molecular weight is 318 g/mol. The van der Waals surface area contributed by atoms with Crippen LogP contribution in [0, 0.1) is 6.92 Å². The maximum absolute atomic E-state index is 12.5. The highest BCUT2D eigenvalue weighted by Gasteiger charge is 2.23. The van der Waals surface area contributed by atoms with Gasteiger partial charge in [0.2, 0.25) is 5.91 Å². The summed E-state index contributed by atoms with van der Waals surface area (Å²) >= 11 is 0. The number of methoxy groups -OCH3 is 1. The number of hydrogen-bond donors (Lipinski definition) is 1. The zero-order valence-corrected chi connectivity index (χ0v) is 13.9. The third-order valence-electron chi connectivity index (χ3n) is 3.32. The first-order valence-electron chi connectivity index (χ1n) is 7.32. The van der Waals surface area contributed by atoms with Gasteiger partial charge in [0.05, 0.1) is 6.54 Å². The molecule has 0 aliphatic carbocycles. The summed E-state index contributed by atoms with van der Waals surface area (Å²) in [6.45, 7) is 2.47. The van der Waals surface area contributed by atoms with Crippen LogP contribution in [0.25, 0.3) is 0 Å². The van der Waals surface area contributed by atoms with Crippen LogP contribution in [0.1, 0.15) is 28.9 Å². The number of amides is 1. The molecular formula is C16H22N4O3. The van der Waals surface area contributed by atoms with Crippen LogP contribution in [0.15, 0.2) is 28.8 Å². The summed E-state index contributed by atoms with van der Waals surface area (Å²) in [6.07, 6.45) is 0. The Kier molecular flexibility index (Phi) is 5.84. The third-order valence-corrected chi connectivity index (χ3v) is 3.32. The molecule has 0 aliphatic rings. The Hall–Kier alpha value is -2.25. The highest BCUT2D eigenvalue weighted by Crippen LogP contribution is 2.19. The van der Waals surface area contributed by atoms with Gasteiger partial charge in [-0.2, -0.15) is 4.98 Å². The summed E-state index contributed by atoms with van der Waals surface area (Å²) < 4.78 is 9.91. The number of benzene rings is 1. The van der Waals surface area contributed by atoms with E-state index in [9.17, 15) is 4.79 Å². The van der Waals surface area contributed by atoms with Crippen LogP contribution in [-0.2, 0) is 22.7 Å². The molecule has 1 N–H and O–H groups in total. The molecular weight excluding hydrogens is 296 g/mol. The molecule has 0 spiro atoms. The molecule has 1 heterocycles. The van der Waals surface area contributed by atoms with Gasteiger partial charge in [-0.05, 0) is 26.6 Å². The minimum atomic E-state index is -0.375. The molecule has 2 rings (SSSR count). The Balaban J connectivity index is 2.03. The molecule has 1 aromatic heterocycles. The second-order valence-corrected chi connectivity index (χ2v) is 5.54. The fraction of sp³-hybridized carbons (Fsp3) is 0.438. The van der Waals surface area contributed by atoms with Gasteiger partial charge in [0.15, 0.2) is 5.82 Å². The highest BCUT2D eigenvalue weighted by atomic mass is 16.5. The smallest absolute Gasteiger partial charge is 0.252 e. The van der Waals surface area contributed by atoms with Crippen molar-refractivity contribution in [1.29, 1.82) is 0 Å². The predicted molar refractivity (Wildman–Crippen MR) is 84.5 cm³/mol. The fourth-order valence-electron chi connectivity index (χ4n) is 2.33. The van der Waals surface area contributed by atoms with Crippen molar-refractivity contribution in [2.45, 2.75) is 26.1 Å². The molecule has 0 bridgehead atoms. The summed E-state index contributed by atoms with van der Waals surface area (Å²) in [5.74, 6) is 0.699. The van der Waals surface area contributed by atoms with Crippen molar-refractivity contribution in [3.8, 4) is 0 Å². The molecule has 0 aliphatic heterocycles. The minimum absolute atomic E-state index is 0.112. The molecule has 0 radical (unpaired) electrons. The first-order chi connectivity index (χ1) is 11.0. The van der Waals surface area contributed by atoms with Crippen molar-refractivity contribution in [3.63, 3.8) is 0 Å². The molecule has 1 atom stereocenters. The van der Waals surface area contributed by atoms with Gasteiger partial charge < -0.3 is 14.6 Å². The third kappa shape index (κ3) is 4.61. The number of nitrogens with zero attached hydrogens (tertiary/aromatic N) is 3. The van der Waals surface area contributed by atoms with Crippen LogP contribution >= 0.6 is 0 Å². The van der Waals surface area contributed by atoms with Gasteiger partial charge in [0.25, 0.3) is 5.89 Å². The maximum Gasteiger partial charge on any atom is 0.252 e. The zero-order valence-electron chi connectivity index (χ0n) is 13.9. The molecule has 0 saturated carbocycles. The molecule has 7 nitrogen and oxygen atoms in total. The number of likely N-dealkylation sites (N-methyl/N-ethyl adjacent to an activating group) is 1. The van der Waals surface area contributed by atoms with E-state index < -0.39 is 0 Å². The molecule has 0 unspecified atom stereocenters. The van der Waals surface area contributed by atoms with Crippen molar-refractivity contribution in [1.82, 2.24) is 20.4 Å². The number of aromatic nitrogens is 2. The van der Waals surface area contributed by atoms with Crippen LogP contribution in [-0.4, -0.2) is 42.2 Å². The second-order valence-electron chi connectivity index (χ2n) is 5.54. The SMILES string of the molecule is COCc1nc(CNC(=O)[C@H](c2cccc(C)c2)N(C)C)no1. The van der Waals surface area contributed by atoms with Gasteiger partial charge >= 0.3 is 0 Å². The molecule has 0 saturated heterocycles. The van der Waals surface area contributed by atoms with E-state index >= 15 is 0 Å². The van der Waals surface area contributed by atoms with Crippen LogP contribution < -0.4 is 5.32 Å². The zero-order chi connectivity index (χ0) is 16.8. The molecule has 2 aromatic rings. The van der Waals surface area contributed by atoms with E-state index in [0.717, 1.165) is 11.1 Å². The van der Waals surface area contributed by atoms with Crippen LogP contribution in [0.2, 0.25) is 0 Å². The number of nitrogens with one attached hydrogen (secondary N) is 1. The maximum atomic E-state index is 12.5. The lowest BCUT2D eigenvalue weighted by Crippen LogP contribution is -2.37. The normalized spacial score (nSPS) is 12.4. The van der Waals surface area contributed by atoms with Crippen molar-refractivity contribution in [2.24, 2.45) is 0 Å². The Morgan fingerprint density at radius 3 is 2.87 bits per heavy atom. The van der Waals surface area contributed by atoms with Crippen molar-refractivity contribution in [3.05, 3.63) is 47.1 Å². The van der Waals surface area contributed by atoms with Crippen LogP contribution in [0.5, 0.6) is 0 Å². The number of carbonyl (C=O) groups is 1. The average Bonchev–Trinajstić information content (AvgIpc) is 2.93. The van der Waals surface area contributed by atoms with Gasteiger partial charge in [-0.1, -0.05) is 35.0 Å². The van der Waals surface area contributed by atoms with Gasteiger partial charge in [-0.25, -0.2) is 0 Å². The molecule has 1 aromatic carbocycles. The highest BCUT2D eigenvalue weighted by molar-refractivity contribution is 5.83. The lowest BCUT2D eigenvalue weighted by atomic mass is 10.0. The van der Waals surface area contributed by atoms with E-state index in [2.05, 4.69) is 15.5 Å². The Morgan fingerprint density at radius 2 is 2.22 bits per heavy atom. The standard InChI is InChI=1S/C16H22N4O3/c1-11-6-5-7-12(8-11)15(20(2)3)16(21)17-9-13-18-14(10-22-4)23-19-13/h5-8,15H,9-10H2,1-4H3,(H,17,21)/t15-/m0/s1. The topological polar surface area (TPSA) is 80.5 Å². The largest absolute Gasteiger partial charge is 0.375 e. The van der Waals surface area contributed by atoms with Gasteiger partial charge in [0.1, 0.15) is 12.6 Å². The van der Waals surface area contributed by atoms with E-state index in [0.29, 0.717) is 11.7 Å². The van der Waals surface area contributed by atoms with Gasteiger partial charge in [-0.3, -0.25) is 9.69 Å². The van der Waals surface area contributed by atoms with E-state index in [1.165, 1.54) is 0 Å². The number of rotatable bonds is 7. The number of ether oxygens (including phenoxy) is 1. The molecule has 124 valence electrons. The lowest BCUT2D eigenvalue weighted by molar-refractivity contribution is -0.126. The summed E-state index contributed by atoms with van der Waals surface area (Å²) in [7, 11) is 5.30. The van der Waals surface area contributed by atoms with Crippen molar-refractivity contribution < 1.29 is 14.1 Å². The second kappa shape index (κ2) is 7.85. The van der Waals surface area contributed by atoms with Crippen molar-refractivity contribution in [2.75, 3.05) is 21.2 Å². The summed E-state index contributed by atoms with van der Waals surface area (Å²) in [6, 6.07) is 7.53.